The fraction of sp³-hybridized carbons (Fsp3) is 0.240. The monoisotopic (exact) mass is 429 g/mol. The summed E-state index contributed by atoms with van der Waals surface area (Å²) < 4.78 is 23.1. The van der Waals surface area contributed by atoms with Crippen molar-refractivity contribution in [3.8, 4) is 34.3 Å². The molecule has 32 heavy (non-hydrogen) atoms. The second-order valence-corrected chi connectivity index (χ2v) is 7.68. The molecule has 4 heterocycles. The van der Waals surface area contributed by atoms with E-state index >= 15 is 0 Å². The minimum atomic E-state index is 0.154. The molecule has 0 amide bonds. The first kappa shape index (κ1) is 20.2. The highest BCUT2D eigenvalue weighted by atomic mass is 16.6. The van der Waals surface area contributed by atoms with E-state index in [1.165, 1.54) is 0 Å². The summed E-state index contributed by atoms with van der Waals surface area (Å²) in [4.78, 5) is 13.5. The van der Waals surface area contributed by atoms with Crippen molar-refractivity contribution in [3.63, 3.8) is 0 Å². The predicted molar refractivity (Wildman–Crippen MR) is 121 cm³/mol. The van der Waals surface area contributed by atoms with E-state index in [4.69, 9.17) is 23.9 Å². The third-order valence-corrected chi connectivity index (χ3v) is 5.40. The molecule has 0 N–H and O–H groups in total. The Bertz CT molecular complexity index is 1270. The van der Waals surface area contributed by atoms with E-state index in [1.54, 1.807) is 25.7 Å². The van der Waals surface area contributed by atoms with Gasteiger partial charge in [0, 0.05) is 41.3 Å². The van der Waals surface area contributed by atoms with Crippen LogP contribution in [0.1, 0.15) is 11.3 Å². The second kappa shape index (κ2) is 8.43. The molecule has 1 saturated heterocycles. The molecule has 3 aromatic heterocycles. The number of aromatic nitrogens is 3. The smallest absolute Gasteiger partial charge is 0.163 e. The van der Waals surface area contributed by atoms with Crippen LogP contribution in [0.3, 0.4) is 0 Å². The molecule has 162 valence electrons. The quantitative estimate of drug-likeness (QED) is 0.387. The lowest BCUT2D eigenvalue weighted by Gasteiger charge is -2.16. The van der Waals surface area contributed by atoms with Gasteiger partial charge in [-0.25, -0.2) is 4.98 Å². The van der Waals surface area contributed by atoms with E-state index in [-0.39, 0.29) is 6.10 Å². The zero-order valence-electron chi connectivity index (χ0n) is 18.2. The SMILES string of the molecule is COc1cc2c(Oc3cc(C)c(C)nc3-c3cccnc3)ccnc2cc1OCC1CO1. The average Bonchev–Trinajstić information content (AvgIpc) is 3.64. The highest BCUT2D eigenvalue weighted by molar-refractivity contribution is 5.88. The third-order valence-electron chi connectivity index (χ3n) is 5.40. The number of rotatable bonds is 7. The summed E-state index contributed by atoms with van der Waals surface area (Å²) in [6.45, 7) is 5.22. The van der Waals surface area contributed by atoms with E-state index in [9.17, 15) is 0 Å². The second-order valence-electron chi connectivity index (χ2n) is 7.68. The molecule has 1 aliphatic heterocycles. The minimum Gasteiger partial charge on any atom is -0.493 e. The van der Waals surface area contributed by atoms with Crippen LogP contribution in [0.25, 0.3) is 22.2 Å². The molecule has 4 aromatic rings. The predicted octanol–water partition coefficient (Wildman–Crippen LogP) is 4.89. The maximum absolute atomic E-state index is 6.41. The summed E-state index contributed by atoms with van der Waals surface area (Å²) in [6.07, 6.45) is 5.39. The number of methoxy groups -OCH3 is 1. The lowest BCUT2D eigenvalue weighted by Crippen LogP contribution is -2.05. The molecule has 7 heteroatoms. The molecule has 1 aromatic carbocycles. The number of ether oxygens (including phenoxy) is 4. The van der Waals surface area contributed by atoms with Gasteiger partial charge in [0.05, 0.1) is 19.2 Å². The Morgan fingerprint density at radius 1 is 1.03 bits per heavy atom. The average molecular weight is 429 g/mol. The molecule has 5 rings (SSSR count). The summed E-state index contributed by atoms with van der Waals surface area (Å²) in [7, 11) is 1.62. The van der Waals surface area contributed by atoms with Gasteiger partial charge in [0.15, 0.2) is 17.2 Å². The Morgan fingerprint density at radius 3 is 2.66 bits per heavy atom. The van der Waals surface area contributed by atoms with Crippen molar-refractivity contribution in [1.82, 2.24) is 15.0 Å². The van der Waals surface area contributed by atoms with Gasteiger partial charge in [0.1, 0.15) is 24.2 Å². The van der Waals surface area contributed by atoms with Gasteiger partial charge in [-0.15, -0.1) is 0 Å². The lowest BCUT2D eigenvalue weighted by molar-refractivity contribution is 0.252. The van der Waals surface area contributed by atoms with Crippen LogP contribution in [0.4, 0.5) is 0 Å². The Morgan fingerprint density at radius 2 is 1.91 bits per heavy atom. The molecule has 1 unspecified atom stereocenters. The fourth-order valence-corrected chi connectivity index (χ4v) is 3.42. The van der Waals surface area contributed by atoms with Crippen molar-refractivity contribution in [1.29, 1.82) is 0 Å². The number of pyridine rings is 3. The van der Waals surface area contributed by atoms with Crippen LogP contribution in [0.5, 0.6) is 23.0 Å². The van der Waals surface area contributed by atoms with E-state index in [0.29, 0.717) is 29.6 Å². The number of aryl methyl sites for hydroxylation is 2. The number of nitrogens with zero attached hydrogens (tertiary/aromatic N) is 3. The van der Waals surface area contributed by atoms with Crippen molar-refractivity contribution in [2.75, 3.05) is 20.3 Å². The normalized spacial score (nSPS) is 14.9. The van der Waals surface area contributed by atoms with Crippen molar-refractivity contribution in [2.45, 2.75) is 20.0 Å². The Labute approximate surface area is 186 Å². The molecule has 7 nitrogen and oxygen atoms in total. The molecule has 0 radical (unpaired) electrons. The molecule has 1 aliphatic rings. The van der Waals surface area contributed by atoms with Crippen LogP contribution < -0.4 is 14.2 Å². The van der Waals surface area contributed by atoms with Gasteiger partial charge in [-0.1, -0.05) is 0 Å². The zero-order valence-corrected chi connectivity index (χ0v) is 18.2. The summed E-state index contributed by atoms with van der Waals surface area (Å²) in [5, 5.41) is 0.815. The third kappa shape index (κ3) is 4.07. The standard InChI is InChI=1S/C25H23N3O4/c1-15-9-24(25(28-16(15)2)17-5-4-7-26-12-17)32-21-6-8-27-20-11-23(31-14-18-13-30-18)22(29-3)10-19(20)21/h4-12,18H,13-14H2,1-3H3. The molecule has 0 aliphatic carbocycles. The summed E-state index contributed by atoms with van der Waals surface area (Å²) >= 11 is 0. The first-order valence-electron chi connectivity index (χ1n) is 10.4. The van der Waals surface area contributed by atoms with Crippen molar-refractivity contribution in [2.24, 2.45) is 0 Å². The summed E-state index contributed by atoms with van der Waals surface area (Å²) in [6, 6.07) is 11.4. The Balaban J connectivity index is 1.56. The van der Waals surface area contributed by atoms with Crippen LogP contribution >= 0.6 is 0 Å². The molecule has 0 saturated carbocycles. The van der Waals surface area contributed by atoms with Crippen LogP contribution in [0.2, 0.25) is 0 Å². The minimum absolute atomic E-state index is 0.154. The van der Waals surface area contributed by atoms with Gasteiger partial charge in [0.25, 0.3) is 0 Å². The number of epoxide rings is 1. The molecule has 0 spiro atoms. The van der Waals surface area contributed by atoms with Gasteiger partial charge in [-0.3, -0.25) is 9.97 Å². The zero-order chi connectivity index (χ0) is 22.1. The number of hydrogen-bond acceptors (Lipinski definition) is 7. The van der Waals surface area contributed by atoms with Crippen molar-refractivity contribution < 1.29 is 18.9 Å². The maximum atomic E-state index is 6.41. The molecular weight excluding hydrogens is 406 g/mol. The van der Waals surface area contributed by atoms with Gasteiger partial charge in [-0.05, 0) is 49.7 Å². The van der Waals surface area contributed by atoms with E-state index < -0.39 is 0 Å². The Kier molecular flexibility index (Phi) is 5.33. The first-order chi connectivity index (χ1) is 15.6. The molecule has 1 fully saturated rings. The highest BCUT2D eigenvalue weighted by Gasteiger charge is 2.24. The van der Waals surface area contributed by atoms with E-state index in [0.717, 1.165) is 40.0 Å². The van der Waals surface area contributed by atoms with Crippen molar-refractivity contribution >= 4 is 10.9 Å². The van der Waals surface area contributed by atoms with Gasteiger partial charge in [-0.2, -0.15) is 0 Å². The summed E-state index contributed by atoms with van der Waals surface area (Å²) in [5.74, 6) is 2.55. The van der Waals surface area contributed by atoms with Gasteiger partial charge in [0.2, 0.25) is 0 Å². The van der Waals surface area contributed by atoms with Crippen LogP contribution in [0.15, 0.2) is 55.0 Å². The lowest BCUT2D eigenvalue weighted by atomic mass is 10.1. The number of hydrogen-bond donors (Lipinski definition) is 0. The summed E-state index contributed by atoms with van der Waals surface area (Å²) in [5.41, 5.74) is 4.36. The largest absolute Gasteiger partial charge is 0.493 e. The van der Waals surface area contributed by atoms with Gasteiger partial charge >= 0.3 is 0 Å². The topological polar surface area (TPSA) is 78.9 Å². The van der Waals surface area contributed by atoms with Crippen molar-refractivity contribution in [3.05, 3.63) is 66.2 Å². The molecule has 0 bridgehead atoms. The van der Waals surface area contributed by atoms with Crippen LogP contribution in [0, 0.1) is 13.8 Å². The van der Waals surface area contributed by atoms with Gasteiger partial charge < -0.3 is 18.9 Å². The fourth-order valence-electron chi connectivity index (χ4n) is 3.42. The highest BCUT2D eigenvalue weighted by Crippen LogP contribution is 2.39. The van der Waals surface area contributed by atoms with E-state index in [2.05, 4.69) is 9.97 Å². The van der Waals surface area contributed by atoms with E-state index in [1.807, 2.05) is 50.2 Å². The molecular formula is C25H23N3O4. The van der Waals surface area contributed by atoms with Crippen LogP contribution in [-0.2, 0) is 4.74 Å². The molecule has 1 atom stereocenters. The first-order valence-corrected chi connectivity index (χ1v) is 10.4. The Hall–Kier alpha value is -3.71. The number of fused-ring (bicyclic) bond motifs is 1. The van der Waals surface area contributed by atoms with Crippen LogP contribution in [-0.4, -0.2) is 41.4 Å². The number of benzene rings is 1. The maximum Gasteiger partial charge on any atom is 0.163 e.